The fraction of sp³-hybridized carbons (Fsp3) is 0.562. The molecule has 0 radical (unpaired) electrons. The Morgan fingerprint density at radius 3 is 2.44 bits per heavy atom. The van der Waals surface area contributed by atoms with Gasteiger partial charge >= 0.3 is 0 Å². The van der Waals surface area contributed by atoms with Crippen molar-refractivity contribution in [1.82, 2.24) is 0 Å². The molecule has 0 bridgehead atoms. The molecule has 1 saturated carbocycles. The van der Waals surface area contributed by atoms with Crippen LogP contribution in [0.15, 0.2) is 18.2 Å². The average molecular weight is 244 g/mol. The zero-order chi connectivity index (χ0) is 13.1. The number of benzene rings is 1. The summed E-state index contributed by atoms with van der Waals surface area (Å²) in [5, 5.41) is 8.40. The van der Waals surface area contributed by atoms with E-state index < -0.39 is 0 Å². The van der Waals surface area contributed by atoms with E-state index in [0.717, 1.165) is 5.84 Å². The zero-order valence-corrected chi connectivity index (χ0v) is 11.8. The molecular formula is C16H24N2. The molecule has 98 valence electrons. The van der Waals surface area contributed by atoms with E-state index >= 15 is 0 Å². The fourth-order valence-corrected chi connectivity index (χ4v) is 2.96. The van der Waals surface area contributed by atoms with E-state index in [0.29, 0.717) is 5.92 Å². The Hall–Kier alpha value is -1.31. The van der Waals surface area contributed by atoms with Crippen molar-refractivity contribution >= 4 is 11.5 Å². The quantitative estimate of drug-likeness (QED) is 0.609. The van der Waals surface area contributed by atoms with E-state index in [1.165, 1.54) is 48.9 Å². The summed E-state index contributed by atoms with van der Waals surface area (Å²) in [7, 11) is 2.04. The third kappa shape index (κ3) is 2.74. The SMILES string of the molecule is Cc1ccc(N(C)C(=N)C2CCCCC2)c(C)c1. The standard InChI is InChI=1S/C16H24N2/c1-12-9-10-15(13(2)11-12)18(3)16(17)14-7-5-4-6-8-14/h9-11,14,17H,4-8H2,1-3H3. The van der Waals surface area contributed by atoms with Gasteiger partial charge in [-0.2, -0.15) is 0 Å². The molecule has 0 aliphatic heterocycles. The maximum Gasteiger partial charge on any atom is 0.103 e. The highest BCUT2D eigenvalue weighted by molar-refractivity contribution is 5.97. The summed E-state index contributed by atoms with van der Waals surface area (Å²) in [4.78, 5) is 2.07. The van der Waals surface area contributed by atoms with Crippen molar-refractivity contribution in [2.24, 2.45) is 5.92 Å². The molecule has 1 aliphatic carbocycles. The maximum atomic E-state index is 8.40. The average Bonchev–Trinajstić information content (AvgIpc) is 2.38. The lowest BCUT2D eigenvalue weighted by Gasteiger charge is -2.30. The second-order valence-electron chi connectivity index (χ2n) is 5.57. The number of aryl methyl sites for hydroxylation is 2. The Kier molecular flexibility index (Phi) is 4.05. The lowest BCUT2D eigenvalue weighted by Crippen LogP contribution is -2.33. The predicted octanol–water partition coefficient (Wildman–Crippen LogP) is 4.30. The maximum absolute atomic E-state index is 8.40. The Labute approximate surface area is 111 Å². The van der Waals surface area contributed by atoms with Crippen LogP contribution in [-0.4, -0.2) is 12.9 Å². The van der Waals surface area contributed by atoms with Gasteiger partial charge in [0.05, 0.1) is 0 Å². The Balaban J connectivity index is 2.14. The van der Waals surface area contributed by atoms with E-state index in [-0.39, 0.29) is 0 Å². The van der Waals surface area contributed by atoms with Gasteiger partial charge in [0.25, 0.3) is 0 Å². The van der Waals surface area contributed by atoms with Crippen LogP contribution >= 0.6 is 0 Å². The lowest BCUT2D eigenvalue weighted by molar-refractivity contribution is 0.435. The number of nitrogens with zero attached hydrogens (tertiary/aromatic N) is 1. The van der Waals surface area contributed by atoms with Gasteiger partial charge in [0.1, 0.15) is 5.84 Å². The number of amidine groups is 1. The molecule has 0 spiro atoms. The minimum atomic E-state index is 0.462. The molecule has 0 aromatic heterocycles. The molecule has 0 atom stereocenters. The molecule has 0 amide bonds. The van der Waals surface area contributed by atoms with Crippen LogP contribution < -0.4 is 4.90 Å². The molecule has 1 aliphatic rings. The lowest BCUT2D eigenvalue weighted by atomic mass is 9.88. The van der Waals surface area contributed by atoms with Crippen LogP contribution in [0.5, 0.6) is 0 Å². The summed E-state index contributed by atoms with van der Waals surface area (Å²) in [5.74, 6) is 1.26. The van der Waals surface area contributed by atoms with Crippen molar-refractivity contribution in [3.8, 4) is 0 Å². The minimum absolute atomic E-state index is 0.462. The van der Waals surface area contributed by atoms with Gasteiger partial charge in [0, 0.05) is 18.7 Å². The summed E-state index contributed by atoms with van der Waals surface area (Å²) >= 11 is 0. The van der Waals surface area contributed by atoms with E-state index in [1.54, 1.807) is 0 Å². The molecule has 0 unspecified atom stereocenters. The van der Waals surface area contributed by atoms with E-state index in [4.69, 9.17) is 5.41 Å². The Morgan fingerprint density at radius 1 is 1.17 bits per heavy atom. The number of hydrogen-bond acceptors (Lipinski definition) is 1. The molecule has 2 heteroatoms. The van der Waals surface area contributed by atoms with Crippen molar-refractivity contribution in [1.29, 1.82) is 5.41 Å². The molecule has 2 nitrogen and oxygen atoms in total. The molecule has 0 heterocycles. The summed E-state index contributed by atoms with van der Waals surface area (Å²) in [6.07, 6.45) is 6.29. The highest BCUT2D eigenvalue weighted by atomic mass is 15.1. The molecular weight excluding hydrogens is 220 g/mol. The molecule has 0 saturated heterocycles. The second-order valence-corrected chi connectivity index (χ2v) is 5.57. The third-order valence-electron chi connectivity index (χ3n) is 4.07. The van der Waals surface area contributed by atoms with Crippen molar-refractivity contribution in [2.45, 2.75) is 46.0 Å². The van der Waals surface area contributed by atoms with Gasteiger partial charge in [-0.05, 0) is 38.3 Å². The monoisotopic (exact) mass is 244 g/mol. The van der Waals surface area contributed by atoms with Crippen molar-refractivity contribution < 1.29 is 0 Å². The molecule has 1 aromatic rings. The molecule has 1 N–H and O–H groups in total. The van der Waals surface area contributed by atoms with Crippen LogP contribution in [0, 0.1) is 25.2 Å². The van der Waals surface area contributed by atoms with Gasteiger partial charge in [-0.15, -0.1) is 0 Å². The number of rotatable bonds is 2. The zero-order valence-electron chi connectivity index (χ0n) is 11.8. The first-order valence-electron chi connectivity index (χ1n) is 6.99. The predicted molar refractivity (Wildman–Crippen MR) is 78.6 cm³/mol. The van der Waals surface area contributed by atoms with E-state index in [1.807, 2.05) is 7.05 Å². The first kappa shape index (κ1) is 13.1. The largest absolute Gasteiger partial charge is 0.333 e. The number of nitrogens with one attached hydrogen (secondary N) is 1. The number of anilines is 1. The molecule has 1 aromatic carbocycles. The molecule has 18 heavy (non-hydrogen) atoms. The van der Waals surface area contributed by atoms with Crippen LogP contribution in [0.3, 0.4) is 0 Å². The topological polar surface area (TPSA) is 27.1 Å². The van der Waals surface area contributed by atoms with Gasteiger partial charge in [0.2, 0.25) is 0 Å². The summed E-state index contributed by atoms with van der Waals surface area (Å²) in [6.45, 7) is 4.25. The van der Waals surface area contributed by atoms with Gasteiger partial charge in [0.15, 0.2) is 0 Å². The number of hydrogen-bond donors (Lipinski definition) is 1. The summed E-state index contributed by atoms with van der Waals surface area (Å²) in [6, 6.07) is 6.47. The highest BCUT2D eigenvalue weighted by Gasteiger charge is 2.22. The molecule has 1 fully saturated rings. The van der Waals surface area contributed by atoms with Gasteiger partial charge in [-0.25, -0.2) is 0 Å². The van der Waals surface area contributed by atoms with Crippen LogP contribution in [0.1, 0.15) is 43.2 Å². The minimum Gasteiger partial charge on any atom is -0.333 e. The highest BCUT2D eigenvalue weighted by Crippen LogP contribution is 2.28. The van der Waals surface area contributed by atoms with Crippen molar-refractivity contribution in [2.75, 3.05) is 11.9 Å². The normalized spacial score (nSPS) is 16.6. The van der Waals surface area contributed by atoms with E-state index in [9.17, 15) is 0 Å². The van der Waals surface area contributed by atoms with E-state index in [2.05, 4.69) is 36.9 Å². The van der Waals surface area contributed by atoms with Crippen LogP contribution in [0.2, 0.25) is 0 Å². The summed E-state index contributed by atoms with van der Waals surface area (Å²) in [5.41, 5.74) is 3.73. The molecule has 2 rings (SSSR count). The van der Waals surface area contributed by atoms with Crippen LogP contribution in [-0.2, 0) is 0 Å². The third-order valence-corrected chi connectivity index (χ3v) is 4.07. The van der Waals surface area contributed by atoms with Crippen LogP contribution in [0.4, 0.5) is 5.69 Å². The van der Waals surface area contributed by atoms with Gasteiger partial charge in [-0.3, -0.25) is 5.41 Å². The first-order valence-corrected chi connectivity index (χ1v) is 6.99. The van der Waals surface area contributed by atoms with Gasteiger partial charge < -0.3 is 4.90 Å². The Bertz CT molecular complexity index is 431. The van der Waals surface area contributed by atoms with Crippen LogP contribution in [0.25, 0.3) is 0 Å². The van der Waals surface area contributed by atoms with Gasteiger partial charge in [-0.1, -0.05) is 37.0 Å². The van der Waals surface area contributed by atoms with Crippen molar-refractivity contribution in [3.05, 3.63) is 29.3 Å². The first-order chi connectivity index (χ1) is 8.59. The van der Waals surface area contributed by atoms with Crippen molar-refractivity contribution in [3.63, 3.8) is 0 Å². The second kappa shape index (κ2) is 5.55. The smallest absolute Gasteiger partial charge is 0.103 e. The Morgan fingerprint density at radius 2 is 1.83 bits per heavy atom. The summed E-state index contributed by atoms with van der Waals surface area (Å²) < 4.78 is 0. The fourth-order valence-electron chi connectivity index (χ4n) is 2.96.